The zero-order valence-electron chi connectivity index (χ0n) is 16.0. The third kappa shape index (κ3) is 4.03. The minimum absolute atomic E-state index is 0.0369. The highest BCUT2D eigenvalue weighted by atomic mass is 19.4. The number of fused-ring (bicyclic) bond motifs is 1. The Kier molecular flexibility index (Phi) is 4.89. The predicted octanol–water partition coefficient (Wildman–Crippen LogP) is 2.65. The van der Waals surface area contributed by atoms with Crippen LogP contribution >= 0.6 is 0 Å². The molecule has 0 unspecified atom stereocenters. The number of hydrogen-bond donors (Lipinski definition) is 0. The van der Waals surface area contributed by atoms with Crippen LogP contribution < -0.4 is 14.5 Å². The minimum atomic E-state index is -4.61. The Morgan fingerprint density at radius 2 is 1.62 bits per heavy atom. The highest BCUT2D eigenvalue weighted by molar-refractivity contribution is 5.48. The van der Waals surface area contributed by atoms with Gasteiger partial charge in [0.2, 0.25) is 5.88 Å². The molecule has 1 aliphatic rings. The molecule has 0 amide bonds. The predicted molar refractivity (Wildman–Crippen MR) is 100 cm³/mol. The second-order valence-electron chi connectivity index (χ2n) is 6.96. The molecule has 1 aliphatic heterocycles. The van der Waals surface area contributed by atoms with Crippen LogP contribution in [0.4, 0.5) is 24.8 Å². The van der Waals surface area contributed by atoms with Crippen LogP contribution in [0.3, 0.4) is 0 Å². The third-order valence-electron chi connectivity index (χ3n) is 4.50. The summed E-state index contributed by atoms with van der Waals surface area (Å²) in [5, 5.41) is 10.9. The van der Waals surface area contributed by atoms with E-state index >= 15 is 0 Å². The van der Waals surface area contributed by atoms with Gasteiger partial charge in [-0.1, -0.05) is 6.07 Å². The maximum Gasteiger partial charge on any atom is 0.453 e. The van der Waals surface area contributed by atoms with Crippen molar-refractivity contribution in [2.24, 2.45) is 0 Å². The lowest BCUT2D eigenvalue weighted by Gasteiger charge is -2.36. The monoisotopic (exact) mass is 407 g/mol. The Morgan fingerprint density at radius 3 is 2.28 bits per heavy atom. The molecule has 1 saturated heterocycles. The molecule has 0 aliphatic carbocycles. The Hall–Kier alpha value is -3.11. The Balaban J connectivity index is 1.49. The second-order valence-corrected chi connectivity index (χ2v) is 6.96. The number of halogens is 3. The van der Waals surface area contributed by atoms with E-state index in [0.29, 0.717) is 37.9 Å². The van der Waals surface area contributed by atoms with Gasteiger partial charge < -0.3 is 14.5 Å². The van der Waals surface area contributed by atoms with Crippen molar-refractivity contribution in [3.63, 3.8) is 0 Å². The summed E-state index contributed by atoms with van der Waals surface area (Å²) in [6.07, 6.45) is -4.58. The topological polar surface area (TPSA) is 71.7 Å². The van der Waals surface area contributed by atoms with E-state index in [4.69, 9.17) is 4.74 Å². The van der Waals surface area contributed by atoms with Crippen molar-refractivity contribution in [2.75, 3.05) is 36.0 Å². The molecular weight excluding hydrogens is 387 g/mol. The van der Waals surface area contributed by atoms with E-state index in [-0.39, 0.29) is 11.8 Å². The van der Waals surface area contributed by atoms with Crippen LogP contribution in [0.2, 0.25) is 0 Å². The van der Waals surface area contributed by atoms with E-state index in [9.17, 15) is 13.2 Å². The highest BCUT2D eigenvalue weighted by Gasteiger charge is 2.37. The molecule has 4 rings (SSSR count). The lowest BCUT2D eigenvalue weighted by atomic mass is 10.3. The molecule has 3 aromatic rings. The number of alkyl halides is 3. The summed E-state index contributed by atoms with van der Waals surface area (Å²) in [7, 11) is 0. The summed E-state index contributed by atoms with van der Waals surface area (Å²) < 4.78 is 45.6. The fourth-order valence-corrected chi connectivity index (χ4v) is 3.18. The number of rotatable bonds is 4. The van der Waals surface area contributed by atoms with Crippen LogP contribution in [0.15, 0.2) is 30.3 Å². The molecule has 4 heterocycles. The lowest BCUT2D eigenvalue weighted by molar-refractivity contribution is -0.146. The maximum atomic E-state index is 13.1. The average Bonchev–Trinajstić information content (AvgIpc) is 3.11. The Labute approximate surface area is 164 Å². The first-order chi connectivity index (χ1) is 13.8. The third-order valence-corrected chi connectivity index (χ3v) is 4.50. The Morgan fingerprint density at radius 1 is 0.931 bits per heavy atom. The quantitative estimate of drug-likeness (QED) is 0.658. The van der Waals surface area contributed by atoms with E-state index in [1.165, 1.54) is 6.07 Å². The van der Waals surface area contributed by atoms with Crippen LogP contribution in [0.25, 0.3) is 5.65 Å². The molecule has 0 spiro atoms. The van der Waals surface area contributed by atoms with Crippen LogP contribution in [0, 0.1) is 0 Å². The molecule has 8 nitrogen and oxygen atoms in total. The van der Waals surface area contributed by atoms with Crippen LogP contribution in [-0.2, 0) is 6.18 Å². The normalized spacial score (nSPS) is 15.4. The van der Waals surface area contributed by atoms with Crippen molar-refractivity contribution < 1.29 is 17.9 Å². The summed E-state index contributed by atoms with van der Waals surface area (Å²) in [6.45, 7) is 6.39. The Bertz CT molecular complexity index is 997. The van der Waals surface area contributed by atoms with Gasteiger partial charge in [0.05, 0.1) is 6.10 Å². The number of hydrogen-bond acceptors (Lipinski definition) is 7. The summed E-state index contributed by atoms with van der Waals surface area (Å²) >= 11 is 0. The standard InChI is InChI=1S/C18H20F3N7O/c1-12(2)29-16-5-3-4-13(22-16)26-8-10-27(11-9-26)15-7-6-14-23-24-17(18(19,20)21)28(14)25-15/h3-7,12H,8-11H2,1-2H3. The number of piperazine rings is 1. The van der Waals surface area contributed by atoms with Crippen LogP contribution in [-0.4, -0.2) is 57.1 Å². The summed E-state index contributed by atoms with van der Waals surface area (Å²) in [5.41, 5.74) is 0.0610. The summed E-state index contributed by atoms with van der Waals surface area (Å²) in [5.74, 6) is 0.704. The van der Waals surface area contributed by atoms with Gasteiger partial charge in [0, 0.05) is 32.2 Å². The molecule has 11 heteroatoms. The number of anilines is 2. The van der Waals surface area contributed by atoms with Crippen LogP contribution in [0.1, 0.15) is 19.7 Å². The molecule has 3 aromatic heterocycles. The first kappa shape index (κ1) is 19.2. The van der Waals surface area contributed by atoms with Gasteiger partial charge in [0.25, 0.3) is 5.82 Å². The lowest BCUT2D eigenvalue weighted by Crippen LogP contribution is -2.47. The van der Waals surface area contributed by atoms with Crippen molar-refractivity contribution in [3.05, 3.63) is 36.2 Å². The number of aromatic nitrogens is 5. The van der Waals surface area contributed by atoms with Gasteiger partial charge >= 0.3 is 6.18 Å². The van der Waals surface area contributed by atoms with E-state index in [0.717, 1.165) is 10.3 Å². The molecule has 0 aromatic carbocycles. The van der Waals surface area contributed by atoms with Gasteiger partial charge in [0.1, 0.15) is 11.6 Å². The molecule has 0 saturated carbocycles. The smallest absolute Gasteiger partial charge is 0.453 e. The molecule has 29 heavy (non-hydrogen) atoms. The van der Waals surface area contributed by atoms with Crippen molar-refractivity contribution in [1.82, 2.24) is 24.8 Å². The summed E-state index contributed by atoms with van der Waals surface area (Å²) in [4.78, 5) is 8.58. The van der Waals surface area contributed by atoms with Gasteiger partial charge in [-0.3, -0.25) is 0 Å². The SMILES string of the molecule is CC(C)Oc1cccc(N2CCN(c3ccc4nnc(C(F)(F)F)n4n3)CC2)n1. The van der Waals surface area contributed by atoms with Gasteiger partial charge in [-0.05, 0) is 32.0 Å². The van der Waals surface area contributed by atoms with Crippen molar-refractivity contribution in [3.8, 4) is 5.88 Å². The van der Waals surface area contributed by atoms with E-state index in [2.05, 4.69) is 25.2 Å². The molecule has 0 N–H and O–H groups in total. The second kappa shape index (κ2) is 7.37. The van der Waals surface area contributed by atoms with E-state index in [1.54, 1.807) is 6.07 Å². The molecule has 0 atom stereocenters. The first-order valence-corrected chi connectivity index (χ1v) is 9.24. The first-order valence-electron chi connectivity index (χ1n) is 9.24. The number of pyridine rings is 1. The molecule has 1 fully saturated rings. The zero-order chi connectivity index (χ0) is 20.6. The number of nitrogens with zero attached hydrogens (tertiary/aromatic N) is 7. The van der Waals surface area contributed by atoms with Gasteiger partial charge in [-0.25, -0.2) is 0 Å². The largest absolute Gasteiger partial charge is 0.475 e. The number of ether oxygens (including phenoxy) is 1. The van der Waals surface area contributed by atoms with Gasteiger partial charge in [-0.2, -0.15) is 22.7 Å². The van der Waals surface area contributed by atoms with Gasteiger partial charge in [-0.15, -0.1) is 15.3 Å². The van der Waals surface area contributed by atoms with Crippen LogP contribution in [0.5, 0.6) is 5.88 Å². The van der Waals surface area contributed by atoms with Crippen molar-refractivity contribution in [2.45, 2.75) is 26.1 Å². The zero-order valence-corrected chi connectivity index (χ0v) is 16.0. The minimum Gasteiger partial charge on any atom is -0.475 e. The van der Waals surface area contributed by atoms with E-state index < -0.39 is 12.0 Å². The maximum absolute atomic E-state index is 13.1. The molecule has 154 valence electrons. The summed E-state index contributed by atoms with van der Waals surface area (Å²) in [6, 6.07) is 8.78. The average molecular weight is 407 g/mol. The van der Waals surface area contributed by atoms with Crippen molar-refractivity contribution >= 4 is 17.3 Å². The molecular formula is C18H20F3N7O. The fourth-order valence-electron chi connectivity index (χ4n) is 3.18. The fraction of sp³-hybridized carbons (Fsp3) is 0.444. The van der Waals surface area contributed by atoms with Gasteiger partial charge in [0.15, 0.2) is 5.65 Å². The van der Waals surface area contributed by atoms with Crippen molar-refractivity contribution in [1.29, 1.82) is 0 Å². The van der Waals surface area contributed by atoms with E-state index in [1.807, 2.05) is 36.9 Å². The molecule has 0 radical (unpaired) electrons. The molecule has 0 bridgehead atoms. The highest BCUT2D eigenvalue weighted by Crippen LogP contribution is 2.28.